The van der Waals surface area contributed by atoms with E-state index in [0.717, 1.165) is 55.2 Å². The molecule has 0 saturated carbocycles. The first-order valence-corrected chi connectivity index (χ1v) is 14.6. The second-order valence-electron chi connectivity index (χ2n) is 11.0. The summed E-state index contributed by atoms with van der Waals surface area (Å²) in [4.78, 5) is 31.2. The van der Waals surface area contributed by atoms with Crippen LogP contribution < -0.4 is 10.6 Å². The summed E-state index contributed by atoms with van der Waals surface area (Å²) in [6.07, 6.45) is 6.35. The number of rotatable bonds is 10. The summed E-state index contributed by atoms with van der Waals surface area (Å²) in [7, 11) is 0. The first-order chi connectivity index (χ1) is 18.3. The zero-order chi connectivity index (χ0) is 27.1. The molecule has 2 fully saturated rings. The average molecular weight is 539 g/mol. The van der Waals surface area contributed by atoms with Crippen LogP contribution in [0, 0.1) is 5.92 Å². The Balaban J connectivity index is 1.41. The Morgan fingerprint density at radius 1 is 1.13 bits per heavy atom. The normalized spacial score (nSPS) is 21.8. The van der Waals surface area contributed by atoms with Gasteiger partial charge in [-0.3, -0.25) is 9.59 Å². The molecule has 206 valence electrons. The molecule has 0 bridgehead atoms. The van der Waals surface area contributed by atoms with Crippen LogP contribution in [0.25, 0.3) is 10.8 Å². The van der Waals surface area contributed by atoms with Crippen molar-refractivity contribution < 1.29 is 9.59 Å². The Labute approximate surface area is 232 Å². The maximum atomic E-state index is 13.7. The van der Waals surface area contributed by atoms with Gasteiger partial charge in [0.15, 0.2) is 0 Å². The lowest BCUT2D eigenvalue weighted by Gasteiger charge is -2.31. The third-order valence-electron chi connectivity index (χ3n) is 8.18. The molecule has 0 aromatic heterocycles. The smallest absolute Gasteiger partial charge is 0.251 e. The number of amides is 2. The van der Waals surface area contributed by atoms with Crippen molar-refractivity contribution >= 4 is 34.2 Å². The number of halogens is 1. The summed E-state index contributed by atoms with van der Waals surface area (Å²) in [6, 6.07) is 11.1. The van der Waals surface area contributed by atoms with Gasteiger partial charge in [0.1, 0.15) is 0 Å². The zero-order valence-corrected chi connectivity index (χ0v) is 23.7. The maximum absolute atomic E-state index is 13.7. The molecule has 2 saturated heterocycles. The molecule has 3 atom stereocenters. The number of piperidine rings is 1. The van der Waals surface area contributed by atoms with Gasteiger partial charge in [0.05, 0.1) is 6.04 Å². The van der Waals surface area contributed by atoms with E-state index >= 15 is 0 Å². The molecule has 2 heterocycles. The maximum Gasteiger partial charge on any atom is 0.251 e. The third-order valence-corrected chi connectivity index (χ3v) is 8.42. The fraction of sp³-hybridized carbons (Fsp3) is 0.548. The second-order valence-corrected chi connectivity index (χ2v) is 11.5. The summed E-state index contributed by atoms with van der Waals surface area (Å²) < 4.78 is 0. The van der Waals surface area contributed by atoms with Crippen molar-refractivity contribution in [3.8, 4) is 0 Å². The molecule has 2 aromatic carbocycles. The summed E-state index contributed by atoms with van der Waals surface area (Å²) in [6.45, 7) is 13.4. The highest BCUT2D eigenvalue weighted by molar-refractivity contribution is 6.31. The quantitative estimate of drug-likeness (QED) is 0.405. The predicted octanol–water partition coefficient (Wildman–Crippen LogP) is 5.26. The minimum Gasteiger partial charge on any atom is -0.350 e. The Morgan fingerprint density at radius 3 is 2.61 bits per heavy atom. The van der Waals surface area contributed by atoms with E-state index in [9.17, 15) is 9.59 Å². The van der Waals surface area contributed by atoms with Crippen LogP contribution >= 0.6 is 11.6 Å². The van der Waals surface area contributed by atoms with Crippen molar-refractivity contribution in [3.63, 3.8) is 0 Å². The van der Waals surface area contributed by atoms with Gasteiger partial charge in [0.2, 0.25) is 5.91 Å². The van der Waals surface area contributed by atoms with Gasteiger partial charge in [-0.1, -0.05) is 49.2 Å². The number of carbonyl (C=O) groups excluding carboxylic acids is 2. The molecule has 4 rings (SSSR count). The molecule has 0 radical (unpaired) electrons. The van der Waals surface area contributed by atoms with Crippen LogP contribution in [0.3, 0.4) is 0 Å². The molecular weight excluding hydrogens is 496 g/mol. The lowest BCUT2D eigenvalue weighted by Crippen LogP contribution is -2.50. The minimum absolute atomic E-state index is 0.0309. The van der Waals surface area contributed by atoms with E-state index < -0.39 is 0 Å². The van der Waals surface area contributed by atoms with Crippen molar-refractivity contribution in [2.75, 3.05) is 39.3 Å². The van der Waals surface area contributed by atoms with Gasteiger partial charge in [-0.25, -0.2) is 0 Å². The van der Waals surface area contributed by atoms with Gasteiger partial charge in [-0.15, -0.1) is 0 Å². The Morgan fingerprint density at radius 2 is 1.87 bits per heavy atom. The van der Waals surface area contributed by atoms with Crippen LogP contribution in [0.15, 0.2) is 48.6 Å². The Bertz CT molecular complexity index is 1130. The fourth-order valence-electron chi connectivity index (χ4n) is 5.70. The first kappa shape index (κ1) is 28.6. The van der Waals surface area contributed by atoms with E-state index in [4.69, 9.17) is 11.6 Å². The Kier molecular flexibility index (Phi) is 10.2. The average Bonchev–Trinajstić information content (AvgIpc) is 3.07. The van der Waals surface area contributed by atoms with E-state index in [-0.39, 0.29) is 23.9 Å². The van der Waals surface area contributed by atoms with Gasteiger partial charge in [0.25, 0.3) is 5.91 Å². The van der Waals surface area contributed by atoms with Gasteiger partial charge >= 0.3 is 0 Å². The van der Waals surface area contributed by atoms with E-state index in [1.807, 2.05) is 41.3 Å². The van der Waals surface area contributed by atoms with E-state index in [1.54, 1.807) is 0 Å². The highest BCUT2D eigenvalue weighted by atomic mass is 35.5. The van der Waals surface area contributed by atoms with Crippen LogP contribution in [0.2, 0.25) is 5.02 Å². The summed E-state index contributed by atoms with van der Waals surface area (Å²) in [5.41, 5.74) is 1.75. The van der Waals surface area contributed by atoms with E-state index in [2.05, 4.69) is 36.0 Å². The van der Waals surface area contributed by atoms with Crippen LogP contribution in [0.5, 0.6) is 0 Å². The molecule has 1 unspecified atom stereocenters. The number of hydrogen-bond donors (Lipinski definition) is 2. The number of nitrogens with one attached hydrogen (secondary N) is 2. The number of fused-ring (bicyclic) bond motifs is 1. The first-order valence-electron chi connectivity index (χ1n) is 14.2. The molecule has 2 amide bonds. The lowest BCUT2D eigenvalue weighted by atomic mass is 9.98. The highest BCUT2D eigenvalue weighted by Crippen LogP contribution is 2.21. The Hall–Kier alpha value is -2.41. The van der Waals surface area contributed by atoms with Crippen molar-refractivity contribution in [2.24, 2.45) is 5.92 Å². The molecule has 0 aliphatic carbocycles. The number of likely N-dealkylation sites (tertiary alicyclic amines) is 1. The fourth-order valence-corrected chi connectivity index (χ4v) is 5.88. The van der Waals surface area contributed by atoms with E-state index in [1.165, 1.54) is 19.3 Å². The molecule has 7 heteroatoms. The molecule has 2 aliphatic rings. The lowest BCUT2D eigenvalue weighted by molar-refractivity contribution is -0.133. The number of nitrogens with zero attached hydrogens (tertiary/aromatic N) is 2. The molecule has 6 nitrogen and oxygen atoms in total. The monoisotopic (exact) mass is 538 g/mol. The molecular formula is C31H43ClN4O2. The summed E-state index contributed by atoms with van der Waals surface area (Å²) in [5.74, 6) is 0.388. The third kappa shape index (κ3) is 7.58. The van der Waals surface area contributed by atoms with Crippen molar-refractivity contribution in [1.29, 1.82) is 0 Å². The standard InChI is InChI=1S/C31H43ClN4O2/c1-4-23(22(2)3)21-36-17-12-28(34-29(31(36)38)13-16-35-14-6-5-7-15-35)20-33-30(37)26-9-8-25-19-27(32)11-10-24(25)18-26/h8-11,18-19,23,28-29,34H,2,4-7,12-17,20-21H2,1,3H3,(H,33,37)/t23?,28-,29-/m0/s1. The largest absolute Gasteiger partial charge is 0.350 e. The molecule has 2 N–H and O–H groups in total. The molecule has 38 heavy (non-hydrogen) atoms. The highest BCUT2D eigenvalue weighted by Gasteiger charge is 2.32. The SMILES string of the molecule is C=C(C)C(CC)CN1CC[C@@H](CNC(=O)c2ccc3cc(Cl)ccc3c2)N[C@@H](CCN2CCCCC2)C1=O. The number of carbonyl (C=O) groups is 2. The zero-order valence-electron chi connectivity index (χ0n) is 23.0. The van der Waals surface area contributed by atoms with Crippen molar-refractivity contribution in [1.82, 2.24) is 20.4 Å². The van der Waals surface area contributed by atoms with Crippen molar-refractivity contribution in [2.45, 2.75) is 64.5 Å². The van der Waals surface area contributed by atoms with Crippen LogP contribution in [-0.4, -0.2) is 73.0 Å². The predicted molar refractivity (Wildman–Crippen MR) is 157 cm³/mol. The van der Waals surface area contributed by atoms with Crippen LogP contribution in [0.4, 0.5) is 0 Å². The number of benzene rings is 2. The molecule has 2 aliphatic heterocycles. The summed E-state index contributed by atoms with van der Waals surface area (Å²) >= 11 is 6.10. The van der Waals surface area contributed by atoms with E-state index in [0.29, 0.717) is 36.1 Å². The molecule has 2 aromatic rings. The van der Waals surface area contributed by atoms with Crippen LogP contribution in [-0.2, 0) is 4.79 Å². The summed E-state index contributed by atoms with van der Waals surface area (Å²) in [5, 5.41) is 9.42. The van der Waals surface area contributed by atoms with Gasteiger partial charge in [0, 0.05) is 42.8 Å². The molecule has 0 spiro atoms. The topological polar surface area (TPSA) is 64.7 Å². The van der Waals surface area contributed by atoms with Gasteiger partial charge < -0.3 is 20.4 Å². The van der Waals surface area contributed by atoms with Gasteiger partial charge in [-0.2, -0.15) is 0 Å². The number of hydrogen-bond acceptors (Lipinski definition) is 4. The second kappa shape index (κ2) is 13.6. The van der Waals surface area contributed by atoms with Crippen LogP contribution in [0.1, 0.15) is 62.7 Å². The minimum atomic E-state index is -0.241. The van der Waals surface area contributed by atoms with Crippen molar-refractivity contribution in [3.05, 3.63) is 59.1 Å². The van der Waals surface area contributed by atoms with Gasteiger partial charge in [-0.05, 0) is 93.1 Å².